The van der Waals surface area contributed by atoms with Crippen LogP contribution in [0.5, 0.6) is 0 Å². The normalized spacial score (nSPS) is 17.8. The zero-order chi connectivity index (χ0) is 24.2. The minimum atomic E-state index is -0.165. The van der Waals surface area contributed by atoms with Crippen LogP contribution in [0.4, 0.5) is 11.4 Å². The van der Waals surface area contributed by atoms with Gasteiger partial charge < -0.3 is 24.8 Å². The van der Waals surface area contributed by atoms with Crippen molar-refractivity contribution in [3.63, 3.8) is 0 Å². The first kappa shape index (κ1) is 24.2. The van der Waals surface area contributed by atoms with Crippen molar-refractivity contribution in [1.82, 2.24) is 14.9 Å². The van der Waals surface area contributed by atoms with Crippen LogP contribution < -0.4 is 15.5 Å². The zero-order valence-electron chi connectivity index (χ0n) is 19.4. The first-order chi connectivity index (χ1) is 16.4. The standard InChI is InChI=1S/C25H28ClN5O2S/c1-16(2)24(32)28-19-10-9-17(15-18(19)26)31-23(21-8-6-12-30(21)13-14-33-3)22(29-25(31)34)20-7-4-5-11-27-20/h4-12,15-16,22-23H,13-14H2,1-3H3,(H,28,32)(H,29,34). The van der Waals surface area contributed by atoms with E-state index in [0.717, 1.165) is 17.1 Å². The minimum absolute atomic E-state index is 0.0860. The van der Waals surface area contributed by atoms with Crippen molar-refractivity contribution in [2.75, 3.05) is 23.9 Å². The Labute approximate surface area is 210 Å². The van der Waals surface area contributed by atoms with Crippen molar-refractivity contribution >= 4 is 46.2 Å². The van der Waals surface area contributed by atoms with Gasteiger partial charge in [0.25, 0.3) is 0 Å². The maximum absolute atomic E-state index is 12.2. The highest BCUT2D eigenvalue weighted by Gasteiger charge is 2.42. The van der Waals surface area contributed by atoms with Crippen molar-refractivity contribution < 1.29 is 9.53 Å². The Morgan fingerprint density at radius 3 is 2.76 bits per heavy atom. The van der Waals surface area contributed by atoms with E-state index in [1.807, 2.05) is 62.5 Å². The number of amides is 1. The maximum atomic E-state index is 12.2. The van der Waals surface area contributed by atoms with Gasteiger partial charge in [-0.15, -0.1) is 0 Å². The van der Waals surface area contributed by atoms with Gasteiger partial charge in [-0.05, 0) is 54.7 Å². The average Bonchev–Trinajstić information content (AvgIpc) is 3.43. The molecule has 0 aliphatic carbocycles. The quantitative estimate of drug-likeness (QED) is 0.429. The number of hydrogen-bond donors (Lipinski definition) is 2. The number of halogens is 1. The number of pyridine rings is 1. The highest BCUT2D eigenvalue weighted by atomic mass is 35.5. The number of hydrogen-bond acceptors (Lipinski definition) is 4. The molecule has 9 heteroatoms. The van der Waals surface area contributed by atoms with Crippen molar-refractivity contribution in [3.05, 3.63) is 77.3 Å². The molecule has 1 aliphatic rings. The fourth-order valence-corrected chi connectivity index (χ4v) is 4.62. The van der Waals surface area contributed by atoms with E-state index in [1.165, 1.54) is 0 Å². The Hall–Kier alpha value is -2.94. The summed E-state index contributed by atoms with van der Waals surface area (Å²) < 4.78 is 7.49. The lowest BCUT2D eigenvalue weighted by atomic mass is 10.0. The van der Waals surface area contributed by atoms with E-state index in [2.05, 4.69) is 31.2 Å². The Kier molecular flexibility index (Phi) is 7.50. The van der Waals surface area contributed by atoms with E-state index in [0.29, 0.717) is 29.0 Å². The summed E-state index contributed by atoms with van der Waals surface area (Å²) >= 11 is 12.4. The summed E-state index contributed by atoms with van der Waals surface area (Å²) in [6.45, 7) is 4.99. The third-order valence-electron chi connectivity index (χ3n) is 5.82. The lowest BCUT2D eigenvalue weighted by Crippen LogP contribution is -2.30. The summed E-state index contributed by atoms with van der Waals surface area (Å²) in [5.74, 6) is -0.230. The summed E-state index contributed by atoms with van der Waals surface area (Å²) in [6.07, 6.45) is 3.83. The van der Waals surface area contributed by atoms with E-state index in [4.69, 9.17) is 28.6 Å². The molecule has 178 valence electrons. The van der Waals surface area contributed by atoms with Gasteiger partial charge in [0.1, 0.15) is 6.04 Å². The number of carbonyl (C=O) groups excluding carboxylic acids is 1. The number of nitrogens with zero attached hydrogens (tertiary/aromatic N) is 3. The van der Waals surface area contributed by atoms with Gasteiger partial charge in [0.15, 0.2) is 5.11 Å². The molecule has 7 nitrogen and oxygen atoms in total. The Morgan fingerprint density at radius 1 is 1.26 bits per heavy atom. The molecule has 1 fully saturated rings. The van der Waals surface area contributed by atoms with E-state index in [-0.39, 0.29) is 23.9 Å². The minimum Gasteiger partial charge on any atom is -0.383 e. The summed E-state index contributed by atoms with van der Waals surface area (Å²) in [4.78, 5) is 18.8. The number of aromatic nitrogens is 2. The van der Waals surface area contributed by atoms with Gasteiger partial charge in [-0.25, -0.2) is 0 Å². The second-order valence-electron chi connectivity index (χ2n) is 8.42. The summed E-state index contributed by atoms with van der Waals surface area (Å²) in [7, 11) is 1.69. The smallest absolute Gasteiger partial charge is 0.226 e. The molecule has 4 rings (SSSR count). The highest BCUT2D eigenvalue weighted by molar-refractivity contribution is 7.80. The number of rotatable bonds is 8. The molecule has 0 bridgehead atoms. The van der Waals surface area contributed by atoms with Crippen LogP contribution in [0.25, 0.3) is 0 Å². The van der Waals surface area contributed by atoms with Crippen LogP contribution in [0.3, 0.4) is 0 Å². The average molecular weight is 498 g/mol. The molecule has 3 aromatic rings. The summed E-state index contributed by atoms with van der Waals surface area (Å²) in [5, 5.41) is 7.36. The Morgan fingerprint density at radius 2 is 2.09 bits per heavy atom. The van der Waals surface area contributed by atoms with Crippen LogP contribution in [0.1, 0.15) is 37.3 Å². The number of anilines is 2. The zero-order valence-corrected chi connectivity index (χ0v) is 20.9. The first-order valence-electron chi connectivity index (χ1n) is 11.2. The number of ether oxygens (including phenoxy) is 1. The Bertz CT molecular complexity index is 1170. The molecule has 34 heavy (non-hydrogen) atoms. The van der Waals surface area contributed by atoms with Gasteiger partial charge in [0.2, 0.25) is 5.91 Å². The second-order valence-corrected chi connectivity index (χ2v) is 9.22. The largest absolute Gasteiger partial charge is 0.383 e. The Balaban J connectivity index is 1.74. The first-order valence-corrected chi connectivity index (χ1v) is 11.9. The molecule has 0 radical (unpaired) electrons. The van der Waals surface area contributed by atoms with Gasteiger partial charge in [-0.3, -0.25) is 9.78 Å². The molecular weight excluding hydrogens is 470 g/mol. The fraction of sp³-hybridized carbons (Fsp3) is 0.320. The van der Waals surface area contributed by atoms with Crippen molar-refractivity contribution in [2.45, 2.75) is 32.5 Å². The molecular formula is C25H28ClN5O2S. The molecule has 1 aromatic carbocycles. The topological polar surface area (TPSA) is 71.4 Å². The van der Waals surface area contributed by atoms with Gasteiger partial charge in [-0.2, -0.15) is 0 Å². The number of nitrogens with one attached hydrogen (secondary N) is 2. The predicted molar refractivity (Wildman–Crippen MR) is 139 cm³/mol. The summed E-state index contributed by atoms with van der Waals surface area (Å²) in [5.41, 5.74) is 3.37. The van der Waals surface area contributed by atoms with E-state index in [1.54, 1.807) is 13.3 Å². The maximum Gasteiger partial charge on any atom is 0.226 e. The van der Waals surface area contributed by atoms with Crippen LogP contribution in [-0.2, 0) is 16.1 Å². The number of methoxy groups -OCH3 is 1. The third kappa shape index (κ3) is 4.94. The SMILES string of the molecule is COCCn1cccc1C1C(c2ccccn2)NC(=S)N1c1ccc(NC(=O)C(C)C)c(Cl)c1. The highest BCUT2D eigenvalue weighted by Crippen LogP contribution is 2.42. The lowest BCUT2D eigenvalue weighted by Gasteiger charge is -2.29. The van der Waals surface area contributed by atoms with Crippen LogP contribution in [0.15, 0.2) is 60.9 Å². The van der Waals surface area contributed by atoms with Crippen molar-refractivity contribution in [2.24, 2.45) is 5.92 Å². The molecule has 3 heterocycles. The molecule has 1 aliphatic heterocycles. The van der Waals surface area contributed by atoms with Crippen molar-refractivity contribution in [1.29, 1.82) is 0 Å². The van der Waals surface area contributed by atoms with E-state index in [9.17, 15) is 4.79 Å². The van der Waals surface area contributed by atoms with E-state index >= 15 is 0 Å². The van der Waals surface area contributed by atoms with Crippen LogP contribution in [0.2, 0.25) is 5.02 Å². The van der Waals surface area contributed by atoms with Gasteiger partial charge in [0.05, 0.1) is 29.1 Å². The molecule has 1 amide bonds. The molecule has 0 saturated carbocycles. The van der Waals surface area contributed by atoms with Gasteiger partial charge in [-0.1, -0.05) is 31.5 Å². The fourth-order valence-electron chi connectivity index (χ4n) is 4.05. The monoisotopic (exact) mass is 497 g/mol. The van der Waals surface area contributed by atoms with Gasteiger partial charge in [0, 0.05) is 43.3 Å². The molecule has 2 atom stereocenters. The van der Waals surface area contributed by atoms with E-state index < -0.39 is 0 Å². The van der Waals surface area contributed by atoms with Crippen LogP contribution >= 0.6 is 23.8 Å². The lowest BCUT2D eigenvalue weighted by molar-refractivity contribution is -0.118. The summed E-state index contributed by atoms with van der Waals surface area (Å²) in [6, 6.07) is 15.2. The van der Waals surface area contributed by atoms with Crippen molar-refractivity contribution in [3.8, 4) is 0 Å². The molecule has 2 N–H and O–H groups in total. The molecule has 1 saturated heterocycles. The van der Waals surface area contributed by atoms with Gasteiger partial charge >= 0.3 is 0 Å². The number of thiocarbonyl (C=S) groups is 1. The molecule has 2 aromatic heterocycles. The van der Waals surface area contributed by atoms with Crippen LogP contribution in [0, 0.1) is 5.92 Å². The molecule has 0 spiro atoms. The second kappa shape index (κ2) is 10.5. The predicted octanol–water partition coefficient (Wildman–Crippen LogP) is 4.95. The molecule has 2 unspecified atom stereocenters. The van der Waals surface area contributed by atoms with Crippen LogP contribution in [-0.4, -0.2) is 34.3 Å². The number of carbonyl (C=O) groups is 1. The third-order valence-corrected chi connectivity index (χ3v) is 6.44. The number of benzene rings is 1.